The Morgan fingerprint density at radius 2 is 1.48 bits per heavy atom. The Kier molecular flexibility index (Phi) is 4.66. The normalized spacial score (nSPS) is 12.5. The fourth-order valence-electron chi connectivity index (χ4n) is 3.86. The molecule has 0 saturated heterocycles. The fourth-order valence-corrected chi connectivity index (χ4v) is 3.86. The Bertz CT molecular complexity index is 1480. The number of rotatable bonds is 2. The number of nitrogens with zero attached hydrogens (tertiary/aromatic N) is 3. The van der Waals surface area contributed by atoms with E-state index >= 15 is 0 Å². The summed E-state index contributed by atoms with van der Waals surface area (Å²) in [7, 11) is 0. The van der Waals surface area contributed by atoms with Crippen molar-refractivity contribution in [3.63, 3.8) is 0 Å². The van der Waals surface area contributed by atoms with Gasteiger partial charge in [0.2, 0.25) is 0 Å². The Morgan fingerprint density at radius 3 is 2.18 bits per heavy atom. The maximum atomic E-state index is 13.7. The van der Waals surface area contributed by atoms with Crippen LogP contribution in [0.2, 0.25) is 0 Å². The molecule has 0 amide bonds. The Balaban J connectivity index is 1.64. The zero-order valence-corrected chi connectivity index (χ0v) is 16.6. The number of imidazole rings is 1. The van der Waals surface area contributed by atoms with E-state index in [1.807, 2.05) is 42.5 Å². The van der Waals surface area contributed by atoms with Gasteiger partial charge < -0.3 is 0 Å². The summed E-state index contributed by atoms with van der Waals surface area (Å²) in [6, 6.07) is 17.4. The number of benzene rings is 3. The lowest BCUT2D eigenvalue weighted by Gasteiger charge is -2.15. The third-order valence-electron chi connectivity index (χ3n) is 5.37. The van der Waals surface area contributed by atoms with Crippen molar-refractivity contribution in [3.05, 3.63) is 90.4 Å². The van der Waals surface area contributed by atoms with Crippen molar-refractivity contribution in [2.45, 2.75) is 12.4 Å². The average Bonchev–Trinajstić information content (AvgIpc) is 3.21. The summed E-state index contributed by atoms with van der Waals surface area (Å²) in [6.07, 6.45) is -7.50. The molecule has 5 aromatic rings. The first-order valence-corrected chi connectivity index (χ1v) is 9.73. The molecule has 33 heavy (non-hydrogen) atoms. The van der Waals surface area contributed by atoms with Crippen molar-refractivity contribution in [1.29, 1.82) is 0 Å². The lowest BCUT2D eigenvalue weighted by Crippen LogP contribution is -2.12. The highest BCUT2D eigenvalue weighted by Crippen LogP contribution is 2.40. The largest absolute Gasteiger partial charge is 0.418 e. The summed E-state index contributed by atoms with van der Waals surface area (Å²) < 4.78 is 81.5. The number of alkyl halides is 6. The van der Waals surface area contributed by atoms with Crippen LogP contribution in [0.4, 0.5) is 26.3 Å². The van der Waals surface area contributed by atoms with Crippen molar-refractivity contribution in [3.8, 4) is 16.9 Å². The van der Waals surface area contributed by atoms with Crippen molar-refractivity contribution < 1.29 is 26.3 Å². The molecule has 0 aliphatic rings. The number of pyridine rings is 1. The van der Waals surface area contributed by atoms with Crippen molar-refractivity contribution in [2.24, 2.45) is 0 Å². The topological polar surface area (TPSA) is 30.7 Å². The lowest BCUT2D eigenvalue weighted by molar-refractivity contribution is -0.142. The van der Waals surface area contributed by atoms with Gasteiger partial charge in [-0.05, 0) is 35.0 Å². The maximum Gasteiger partial charge on any atom is 0.418 e. The summed E-state index contributed by atoms with van der Waals surface area (Å²) in [4.78, 5) is 8.20. The van der Waals surface area contributed by atoms with E-state index in [-0.39, 0.29) is 11.8 Å². The molecule has 0 aliphatic heterocycles. The first kappa shape index (κ1) is 21.0. The number of hydrogen-bond acceptors (Lipinski definition) is 2. The Morgan fingerprint density at radius 1 is 0.727 bits per heavy atom. The van der Waals surface area contributed by atoms with Crippen LogP contribution in [0.25, 0.3) is 38.8 Å². The van der Waals surface area contributed by atoms with Crippen LogP contribution >= 0.6 is 0 Å². The van der Waals surface area contributed by atoms with Crippen molar-refractivity contribution >= 4 is 21.8 Å². The summed E-state index contributed by atoms with van der Waals surface area (Å²) in [5.41, 5.74) is -1.99. The van der Waals surface area contributed by atoms with Gasteiger partial charge in [0.15, 0.2) is 0 Å². The van der Waals surface area contributed by atoms with E-state index in [2.05, 4.69) is 9.97 Å². The summed E-state index contributed by atoms with van der Waals surface area (Å²) >= 11 is 0. The monoisotopic (exact) mass is 457 g/mol. The highest BCUT2D eigenvalue weighted by Gasteiger charge is 2.39. The van der Waals surface area contributed by atoms with E-state index in [0.29, 0.717) is 11.8 Å². The molecule has 0 radical (unpaired) electrons. The minimum atomic E-state index is -5.01. The van der Waals surface area contributed by atoms with Gasteiger partial charge in [-0.1, -0.05) is 42.5 Å². The number of aromatic nitrogens is 3. The average molecular weight is 457 g/mol. The molecular formula is C24H13F6N3. The summed E-state index contributed by atoms with van der Waals surface area (Å²) in [5, 5.41) is 1.98. The van der Waals surface area contributed by atoms with Crippen LogP contribution in [-0.2, 0) is 12.4 Å². The molecule has 5 rings (SSSR count). The van der Waals surface area contributed by atoms with Gasteiger partial charge in [0.25, 0.3) is 0 Å². The molecule has 0 unspecified atom stereocenters. The molecule has 2 heterocycles. The van der Waals surface area contributed by atoms with E-state index in [9.17, 15) is 26.3 Å². The van der Waals surface area contributed by atoms with Gasteiger partial charge in [-0.25, -0.2) is 4.98 Å². The van der Waals surface area contributed by atoms with E-state index in [1.54, 1.807) is 12.1 Å². The first-order valence-electron chi connectivity index (χ1n) is 9.73. The molecule has 0 aliphatic carbocycles. The molecule has 3 nitrogen and oxygen atoms in total. The van der Waals surface area contributed by atoms with Gasteiger partial charge >= 0.3 is 12.4 Å². The molecule has 0 saturated carbocycles. The molecule has 0 spiro atoms. The van der Waals surface area contributed by atoms with E-state index in [1.165, 1.54) is 6.20 Å². The minimum absolute atomic E-state index is 0.110. The second-order valence-corrected chi connectivity index (χ2v) is 7.43. The smallest absolute Gasteiger partial charge is 0.297 e. The highest BCUT2D eigenvalue weighted by atomic mass is 19.4. The van der Waals surface area contributed by atoms with Crippen LogP contribution in [0.15, 0.2) is 79.3 Å². The Hall–Kier alpha value is -3.88. The van der Waals surface area contributed by atoms with Crippen LogP contribution < -0.4 is 0 Å². The van der Waals surface area contributed by atoms with Gasteiger partial charge in [0.05, 0.1) is 39.7 Å². The summed E-state index contributed by atoms with van der Waals surface area (Å²) in [5.74, 6) is 0. The van der Waals surface area contributed by atoms with Crippen LogP contribution in [0.3, 0.4) is 0 Å². The highest BCUT2D eigenvalue weighted by molar-refractivity contribution is 5.95. The lowest BCUT2D eigenvalue weighted by atomic mass is 10.0. The quantitative estimate of drug-likeness (QED) is 0.261. The Labute approximate surface area is 182 Å². The number of fused-ring (bicyclic) bond motifs is 2. The zero-order chi connectivity index (χ0) is 23.4. The van der Waals surface area contributed by atoms with Crippen LogP contribution in [-0.4, -0.2) is 14.5 Å². The van der Waals surface area contributed by atoms with E-state index in [0.717, 1.165) is 27.2 Å². The number of hydrogen-bond donors (Lipinski definition) is 0. The standard InChI is InChI=1S/C24H13F6N3/c25-23(26,27)15-10-19(24(28,29)30)22-21(11-15)32-13-33(22)16-8-9-20(31-12-16)18-7-3-5-14-4-1-2-6-17(14)18/h1-13H. The van der Waals surface area contributed by atoms with Crippen LogP contribution in [0.5, 0.6) is 0 Å². The van der Waals surface area contributed by atoms with Crippen molar-refractivity contribution in [1.82, 2.24) is 14.5 Å². The predicted molar refractivity (Wildman–Crippen MR) is 112 cm³/mol. The fraction of sp³-hybridized carbons (Fsp3) is 0.0833. The van der Waals surface area contributed by atoms with E-state index in [4.69, 9.17) is 0 Å². The van der Waals surface area contributed by atoms with Crippen molar-refractivity contribution in [2.75, 3.05) is 0 Å². The van der Waals surface area contributed by atoms with Gasteiger partial charge in [0.1, 0.15) is 6.33 Å². The number of halogens is 6. The molecule has 0 atom stereocenters. The molecule has 0 N–H and O–H groups in total. The van der Waals surface area contributed by atoms with Gasteiger partial charge in [-0.3, -0.25) is 9.55 Å². The zero-order valence-electron chi connectivity index (χ0n) is 16.6. The SMILES string of the molecule is FC(F)(F)c1cc(C(F)(F)F)c2c(c1)ncn2-c1ccc(-c2cccc3ccccc23)nc1. The van der Waals surface area contributed by atoms with Gasteiger partial charge in [-0.2, -0.15) is 26.3 Å². The predicted octanol–water partition coefficient (Wildman–Crippen LogP) is 7.28. The van der Waals surface area contributed by atoms with Gasteiger partial charge in [0, 0.05) is 5.56 Å². The molecular weight excluding hydrogens is 444 g/mol. The third-order valence-corrected chi connectivity index (χ3v) is 5.37. The minimum Gasteiger partial charge on any atom is -0.297 e. The molecule has 2 aromatic heterocycles. The molecule has 9 heteroatoms. The molecule has 3 aromatic carbocycles. The van der Waals surface area contributed by atoms with Gasteiger partial charge in [-0.15, -0.1) is 0 Å². The van der Waals surface area contributed by atoms with Crippen LogP contribution in [0, 0.1) is 0 Å². The molecule has 0 bridgehead atoms. The second kappa shape index (κ2) is 7.33. The second-order valence-electron chi connectivity index (χ2n) is 7.43. The molecule has 0 fully saturated rings. The maximum absolute atomic E-state index is 13.7. The molecule has 166 valence electrons. The summed E-state index contributed by atoms with van der Waals surface area (Å²) in [6.45, 7) is 0. The van der Waals surface area contributed by atoms with Crippen LogP contribution in [0.1, 0.15) is 11.1 Å². The first-order chi connectivity index (χ1) is 15.6. The van der Waals surface area contributed by atoms with E-state index < -0.39 is 34.5 Å². The third kappa shape index (κ3) is 3.69.